The summed E-state index contributed by atoms with van der Waals surface area (Å²) < 4.78 is 25.8. The van der Waals surface area contributed by atoms with Crippen molar-refractivity contribution >= 4 is 33.0 Å². The summed E-state index contributed by atoms with van der Waals surface area (Å²) in [6.45, 7) is 0. The number of anilines is 2. The van der Waals surface area contributed by atoms with Gasteiger partial charge in [-0.15, -0.1) is 16.4 Å². The monoisotopic (exact) mass is 260 g/mol. The van der Waals surface area contributed by atoms with Crippen LogP contribution in [0.5, 0.6) is 0 Å². The topological polar surface area (TPSA) is 116 Å². The summed E-state index contributed by atoms with van der Waals surface area (Å²) in [6, 6.07) is 1.36. The van der Waals surface area contributed by atoms with Crippen molar-refractivity contribution in [2.45, 2.75) is 4.21 Å². The molecule has 8 nitrogen and oxygen atoms in total. The van der Waals surface area contributed by atoms with Crippen molar-refractivity contribution < 1.29 is 8.42 Å². The second-order valence-electron chi connectivity index (χ2n) is 2.91. The molecule has 0 unspecified atom stereocenters. The Morgan fingerprint density at radius 2 is 2.31 bits per heavy atom. The van der Waals surface area contributed by atoms with Crippen LogP contribution in [0, 0.1) is 0 Å². The van der Waals surface area contributed by atoms with Gasteiger partial charge in [0.1, 0.15) is 4.21 Å². The molecule has 3 N–H and O–H groups in total. The van der Waals surface area contributed by atoms with Crippen molar-refractivity contribution in [3.05, 3.63) is 11.4 Å². The molecule has 2 heterocycles. The summed E-state index contributed by atoms with van der Waals surface area (Å²) >= 11 is 1.02. The minimum Gasteiger partial charge on any atom is -0.398 e. The van der Waals surface area contributed by atoms with Crippen LogP contribution in [0.25, 0.3) is 0 Å². The first-order valence-electron chi connectivity index (χ1n) is 4.08. The molecule has 0 aliphatic rings. The van der Waals surface area contributed by atoms with Crippen molar-refractivity contribution in [2.75, 3.05) is 10.5 Å². The maximum atomic E-state index is 11.8. The van der Waals surface area contributed by atoms with E-state index < -0.39 is 10.0 Å². The van der Waals surface area contributed by atoms with Gasteiger partial charge in [-0.05, 0) is 11.3 Å². The lowest BCUT2D eigenvalue weighted by atomic mass is 10.6. The van der Waals surface area contributed by atoms with Gasteiger partial charge in [0.25, 0.3) is 16.0 Å². The average molecular weight is 260 g/mol. The van der Waals surface area contributed by atoms with Crippen LogP contribution in [-0.4, -0.2) is 28.6 Å². The van der Waals surface area contributed by atoms with E-state index in [4.69, 9.17) is 5.73 Å². The SMILES string of the molecule is Cn1nnc(NS(=O)(=O)c2cc(N)cs2)n1. The lowest BCUT2D eigenvalue weighted by Gasteiger charge is -1.99. The zero-order valence-corrected chi connectivity index (χ0v) is 9.79. The van der Waals surface area contributed by atoms with Crippen LogP contribution in [0.2, 0.25) is 0 Å². The van der Waals surface area contributed by atoms with E-state index in [1.807, 2.05) is 0 Å². The summed E-state index contributed by atoms with van der Waals surface area (Å²) in [5.41, 5.74) is 5.84. The van der Waals surface area contributed by atoms with Gasteiger partial charge >= 0.3 is 0 Å². The van der Waals surface area contributed by atoms with Crippen LogP contribution in [0.1, 0.15) is 0 Å². The molecule has 0 aliphatic carbocycles. The van der Waals surface area contributed by atoms with E-state index in [0.717, 1.165) is 16.1 Å². The Labute approximate surface area is 95.1 Å². The van der Waals surface area contributed by atoms with Gasteiger partial charge in [0, 0.05) is 11.1 Å². The number of tetrazole rings is 1. The van der Waals surface area contributed by atoms with Gasteiger partial charge in [-0.2, -0.15) is 4.80 Å². The third-order valence-electron chi connectivity index (χ3n) is 1.59. The number of nitrogens with one attached hydrogen (secondary N) is 1. The lowest BCUT2D eigenvalue weighted by molar-refractivity contribution is 0.602. The van der Waals surface area contributed by atoms with Crippen molar-refractivity contribution in [1.82, 2.24) is 20.2 Å². The summed E-state index contributed by atoms with van der Waals surface area (Å²) in [5, 5.41) is 12.3. The Bertz CT molecular complexity index is 600. The van der Waals surface area contributed by atoms with Gasteiger partial charge in [-0.1, -0.05) is 5.10 Å². The maximum absolute atomic E-state index is 11.8. The zero-order chi connectivity index (χ0) is 11.8. The van der Waals surface area contributed by atoms with E-state index in [0.29, 0.717) is 5.69 Å². The molecule has 0 radical (unpaired) electrons. The highest BCUT2D eigenvalue weighted by Gasteiger charge is 2.18. The summed E-state index contributed by atoms with van der Waals surface area (Å²) in [7, 11) is -2.13. The first kappa shape index (κ1) is 10.8. The highest BCUT2D eigenvalue weighted by Crippen LogP contribution is 2.22. The quantitative estimate of drug-likeness (QED) is 0.779. The molecule has 0 spiro atoms. The summed E-state index contributed by atoms with van der Waals surface area (Å²) in [6.07, 6.45) is 0. The molecule has 0 bridgehead atoms. The van der Waals surface area contributed by atoms with E-state index in [1.54, 1.807) is 5.38 Å². The van der Waals surface area contributed by atoms with Crippen molar-refractivity contribution in [3.63, 3.8) is 0 Å². The molecule has 0 saturated carbocycles. The number of hydrogen-bond donors (Lipinski definition) is 2. The van der Waals surface area contributed by atoms with E-state index in [-0.39, 0.29) is 10.2 Å². The van der Waals surface area contributed by atoms with Crippen molar-refractivity contribution in [2.24, 2.45) is 7.05 Å². The molecule has 2 rings (SSSR count). The number of nitrogens with zero attached hydrogens (tertiary/aromatic N) is 4. The molecule has 16 heavy (non-hydrogen) atoms. The number of rotatable bonds is 3. The molecular weight excluding hydrogens is 252 g/mol. The number of aryl methyl sites for hydroxylation is 1. The average Bonchev–Trinajstić information content (AvgIpc) is 2.75. The van der Waals surface area contributed by atoms with Gasteiger partial charge in [-0.25, -0.2) is 13.1 Å². The summed E-state index contributed by atoms with van der Waals surface area (Å²) in [5.74, 6) is -0.0746. The van der Waals surface area contributed by atoms with E-state index >= 15 is 0 Å². The Hall–Kier alpha value is -1.68. The number of sulfonamides is 1. The third kappa shape index (κ3) is 2.12. The van der Waals surface area contributed by atoms with Gasteiger partial charge in [0.15, 0.2) is 0 Å². The van der Waals surface area contributed by atoms with Crippen LogP contribution in [-0.2, 0) is 17.1 Å². The lowest BCUT2D eigenvalue weighted by Crippen LogP contribution is -2.12. The predicted octanol–water partition coefficient (Wildman–Crippen LogP) is -0.345. The highest BCUT2D eigenvalue weighted by molar-refractivity contribution is 7.94. The molecule has 0 fully saturated rings. The molecular formula is C6H8N6O2S2. The second-order valence-corrected chi connectivity index (χ2v) is 5.73. The Balaban J connectivity index is 2.27. The third-order valence-corrected chi connectivity index (χ3v) is 4.38. The van der Waals surface area contributed by atoms with Crippen LogP contribution in [0.4, 0.5) is 11.6 Å². The Morgan fingerprint density at radius 3 is 2.81 bits per heavy atom. The normalized spacial score (nSPS) is 11.6. The van der Waals surface area contributed by atoms with Crippen LogP contribution in [0.15, 0.2) is 15.7 Å². The van der Waals surface area contributed by atoms with Gasteiger partial charge in [-0.3, -0.25) is 0 Å². The molecule has 2 aromatic heterocycles. The Kier molecular flexibility index (Phi) is 2.52. The second kappa shape index (κ2) is 3.72. The highest BCUT2D eigenvalue weighted by atomic mass is 32.2. The first-order chi connectivity index (χ1) is 7.47. The van der Waals surface area contributed by atoms with E-state index in [2.05, 4.69) is 20.1 Å². The first-order valence-corrected chi connectivity index (χ1v) is 6.44. The fraction of sp³-hybridized carbons (Fsp3) is 0.167. The largest absolute Gasteiger partial charge is 0.398 e. The van der Waals surface area contributed by atoms with Crippen LogP contribution in [0.3, 0.4) is 0 Å². The van der Waals surface area contributed by atoms with Crippen LogP contribution >= 0.6 is 11.3 Å². The number of nitrogen functional groups attached to an aromatic ring is 1. The molecule has 0 atom stereocenters. The van der Waals surface area contributed by atoms with Crippen LogP contribution < -0.4 is 10.5 Å². The van der Waals surface area contributed by atoms with E-state index in [9.17, 15) is 8.42 Å². The fourth-order valence-electron chi connectivity index (χ4n) is 0.967. The molecule has 86 valence electrons. The smallest absolute Gasteiger partial charge is 0.277 e. The molecule has 0 aromatic carbocycles. The number of thiophene rings is 1. The molecule has 10 heteroatoms. The predicted molar refractivity (Wildman–Crippen MR) is 58.3 cm³/mol. The Morgan fingerprint density at radius 1 is 1.56 bits per heavy atom. The fourth-order valence-corrected chi connectivity index (χ4v) is 2.98. The van der Waals surface area contributed by atoms with Crippen molar-refractivity contribution in [1.29, 1.82) is 0 Å². The van der Waals surface area contributed by atoms with Gasteiger partial charge < -0.3 is 5.73 Å². The number of hydrogen-bond acceptors (Lipinski definition) is 7. The molecule has 0 amide bonds. The van der Waals surface area contributed by atoms with Gasteiger partial charge in [0.05, 0.1) is 7.05 Å². The molecule has 0 saturated heterocycles. The standard InChI is InChI=1S/C6H8N6O2S2/c1-12-9-6(8-11-12)10-16(13,14)5-2-4(7)3-15-5/h2-3H,7H2,1H3,(H,9,10). The molecule has 0 aliphatic heterocycles. The van der Waals surface area contributed by atoms with E-state index in [1.165, 1.54) is 13.1 Å². The summed E-state index contributed by atoms with van der Waals surface area (Å²) in [4.78, 5) is 1.15. The maximum Gasteiger partial charge on any atom is 0.277 e. The minimum absolute atomic E-state index is 0.0746. The zero-order valence-electron chi connectivity index (χ0n) is 8.15. The molecule has 2 aromatic rings. The van der Waals surface area contributed by atoms with Gasteiger partial charge in [0.2, 0.25) is 0 Å². The number of aromatic nitrogens is 4. The van der Waals surface area contributed by atoms with Crippen molar-refractivity contribution in [3.8, 4) is 0 Å². The minimum atomic E-state index is -3.67. The number of nitrogens with two attached hydrogens (primary N) is 1.